The SMILES string of the molecule is COc1ccc2c(c1)C(C)(C)[C@@H]1CCCN(CC(OC)OC)[C@H]1C2. The predicted octanol–water partition coefficient (Wildman–Crippen LogP) is 3.23. The number of piperidine rings is 1. The molecule has 1 heterocycles. The quantitative estimate of drug-likeness (QED) is 0.774. The summed E-state index contributed by atoms with van der Waals surface area (Å²) in [5.41, 5.74) is 3.07. The highest BCUT2D eigenvalue weighted by molar-refractivity contribution is 5.43. The molecule has 0 unspecified atom stereocenters. The first-order valence-electron chi connectivity index (χ1n) is 8.98. The van der Waals surface area contributed by atoms with E-state index in [9.17, 15) is 0 Å². The average Bonchev–Trinajstić information content (AvgIpc) is 2.60. The van der Waals surface area contributed by atoms with Crippen LogP contribution < -0.4 is 4.74 Å². The number of rotatable bonds is 5. The number of benzene rings is 1. The van der Waals surface area contributed by atoms with Gasteiger partial charge in [0.2, 0.25) is 0 Å². The lowest BCUT2D eigenvalue weighted by molar-refractivity contribution is -0.129. The standard InChI is InChI=1S/C20H31NO3/c1-20(2)16-7-6-10-21(13-19(23-4)24-5)18(16)11-14-8-9-15(22-3)12-17(14)20/h8-9,12,16,18-19H,6-7,10-11,13H2,1-5H3/t16-,18+/m1/s1. The van der Waals surface area contributed by atoms with Crippen molar-refractivity contribution in [1.82, 2.24) is 4.90 Å². The summed E-state index contributed by atoms with van der Waals surface area (Å²) in [4.78, 5) is 2.58. The molecule has 0 saturated carbocycles. The lowest BCUT2D eigenvalue weighted by Crippen LogP contribution is -2.56. The van der Waals surface area contributed by atoms with E-state index in [1.54, 1.807) is 21.3 Å². The summed E-state index contributed by atoms with van der Waals surface area (Å²) >= 11 is 0. The molecule has 2 aliphatic rings. The number of methoxy groups -OCH3 is 3. The molecular formula is C20H31NO3. The Morgan fingerprint density at radius 2 is 1.96 bits per heavy atom. The molecule has 1 aromatic carbocycles. The van der Waals surface area contributed by atoms with Crippen molar-refractivity contribution in [3.8, 4) is 5.75 Å². The Bertz CT molecular complexity index is 568. The minimum absolute atomic E-state index is 0.149. The number of hydrogen-bond donors (Lipinski definition) is 0. The third-order valence-electron chi connectivity index (χ3n) is 6.17. The Balaban J connectivity index is 1.91. The molecule has 134 valence electrons. The van der Waals surface area contributed by atoms with Crippen LogP contribution in [0.1, 0.15) is 37.8 Å². The van der Waals surface area contributed by atoms with Gasteiger partial charge in [0.15, 0.2) is 6.29 Å². The van der Waals surface area contributed by atoms with Gasteiger partial charge in [-0.1, -0.05) is 19.9 Å². The molecule has 0 aromatic heterocycles. The van der Waals surface area contributed by atoms with E-state index < -0.39 is 0 Å². The van der Waals surface area contributed by atoms with Crippen molar-refractivity contribution in [2.75, 3.05) is 34.4 Å². The molecule has 1 aliphatic heterocycles. The van der Waals surface area contributed by atoms with Crippen LogP contribution in [0, 0.1) is 5.92 Å². The first-order valence-corrected chi connectivity index (χ1v) is 8.98. The van der Waals surface area contributed by atoms with Crippen molar-refractivity contribution in [3.05, 3.63) is 29.3 Å². The van der Waals surface area contributed by atoms with Crippen molar-refractivity contribution < 1.29 is 14.2 Å². The smallest absolute Gasteiger partial charge is 0.169 e. The summed E-state index contributed by atoms with van der Waals surface area (Å²) in [5, 5.41) is 0. The van der Waals surface area contributed by atoms with E-state index in [4.69, 9.17) is 14.2 Å². The van der Waals surface area contributed by atoms with Crippen molar-refractivity contribution in [3.63, 3.8) is 0 Å². The third kappa shape index (κ3) is 3.07. The van der Waals surface area contributed by atoms with E-state index >= 15 is 0 Å². The maximum Gasteiger partial charge on any atom is 0.169 e. The lowest BCUT2D eigenvalue weighted by atomic mass is 9.60. The Morgan fingerprint density at radius 3 is 2.62 bits per heavy atom. The number of hydrogen-bond acceptors (Lipinski definition) is 4. The van der Waals surface area contributed by atoms with Crippen LogP contribution >= 0.6 is 0 Å². The van der Waals surface area contributed by atoms with E-state index in [2.05, 4.69) is 36.9 Å². The summed E-state index contributed by atoms with van der Waals surface area (Å²) < 4.78 is 16.4. The van der Waals surface area contributed by atoms with E-state index in [0.29, 0.717) is 12.0 Å². The first-order chi connectivity index (χ1) is 11.5. The van der Waals surface area contributed by atoms with Gasteiger partial charge in [-0.05, 0) is 60.4 Å². The minimum atomic E-state index is -0.149. The van der Waals surface area contributed by atoms with Crippen LogP contribution in [0.25, 0.3) is 0 Å². The topological polar surface area (TPSA) is 30.9 Å². The summed E-state index contributed by atoms with van der Waals surface area (Å²) in [5.74, 6) is 1.62. The summed E-state index contributed by atoms with van der Waals surface area (Å²) in [6, 6.07) is 7.15. The molecule has 0 spiro atoms. The molecule has 0 N–H and O–H groups in total. The van der Waals surface area contributed by atoms with Crippen LogP contribution in [0.5, 0.6) is 5.75 Å². The van der Waals surface area contributed by atoms with Crippen LogP contribution in [-0.4, -0.2) is 51.7 Å². The zero-order valence-corrected chi connectivity index (χ0v) is 15.7. The monoisotopic (exact) mass is 333 g/mol. The van der Waals surface area contributed by atoms with Crippen LogP contribution in [0.4, 0.5) is 0 Å². The zero-order chi connectivity index (χ0) is 17.3. The highest BCUT2D eigenvalue weighted by Crippen LogP contribution is 2.47. The van der Waals surface area contributed by atoms with Crippen LogP contribution in [0.15, 0.2) is 18.2 Å². The number of nitrogens with zero attached hydrogens (tertiary/aromatic N) is 1. The van der Waals surface area contributed by atoms with Crippen molar-refractivity contribution >= 4 is 0 Å². The molecule has 4 heteroatoms. The molecule has 1 saturated heterocycles. The number of fused-ring (bicyclic) bond motifs is 2. The Morgan fingerprint density at radius 1 is 1.21 bits per heavy atom. The first kappa shape index (κ1) is 17.7. The second-order valence-electron chi connectivity index (χ2n) is 7.66. The van der Waals surface area contributed by atoms with Gasteiger partial charge in [0.25, 0.3) is 0 Å². The van der Waals surface area contributed by atoms with Crippen LogP contribution in [0.2, 0.25) is 0 Å². The molecule has 0 bridgehead atoms. The fraction of sp³-hybridized carbons (Fsp3) is 0.700. The second kappa shape index (κ2) is 7.03. The van der Waals surface area contributed by atoms with Gasteiger partial charge in [0, 0.05) is 26.8 Å². The fourth-order valence-corrected chi connectivity index (χ4v) is 4.79. The van der Waals surface area contributed by atoms with Crippen molar-refractivity contribution in [2.45, 2.75) is 50.9 Å². The van der Waals surface area contributed by atoms with E-state index in [1.807, 2.05) is 0 Å². The van der Waals surface area contributed by atoms with Gasteiger partial charge in [-0.15, -0.1) is 0 Å². The van der Waals surface area contributed by atoms with Gasteiger partial charge in [0.05, 0.1) is 7.11 Å². The summed E-state index contributed by atoms with van der Waals surface area (Å²) in [7, 11) is 5.20. The Kier molecular flexibility index (Phi) is 5.19. The number of likely N-dealkylation sites (tertiary alicyclic amines) is 1. The van der Waals surface area contributed by atoms with E-state index in [1.165, 1.54) is 24.0 Å². The Labute approximate surface area is 146 Å². The summed E-state index contributed by atoms with van der Waals surface area (Å²) in [6.45, 7) is 6.77. The molecule has 4 nitrogen and oxygen atoms in total. The van der Waals surface area contributed by atoms with Crippen LogP contribution in [-0.2, 0) is 21.3 Å². The molecule has 24 heavy (non-hydrogen) atoms. The van der Waals surface area contributed by atoms with Gasteiger partial charge in [-0.3, -0.25) is 4.90 Å². The molecule has 3 rings (SSSR count). The van der Waals surface area contributed by atoms with Crippen LogP contribution in [0.3, 0.4) is 0 Å². The van der Waals surface area contributed by atoms with E-state index in [0.717, 1.165) is 25.3 Å². The minimum Gasteiger partial charge on any atom is -0.497 e. The molecule has 1 aliphatic carbocycles. The summed E-state index contributed by atoms with van der Waals surface area (Å²) in [6.07, 6.45) is 3.48. The lowest BCUT2D eigenvalue weighted by Gasteiger charge is -2.52. The third-order valence-corrected chi connectivity index (χ3v) is 6.17. The molecule has 1 aromatic rings. The van der Waals surface area contributed by atoms with Gasteiger partial charge in [0.1, 0.15) is 5.75 Å². The average molecular weight is 333 g/mol. The molecule has 0 amide bonds. The highest BCUT2D eigenvalue weighted by atomic mass is 16.7. The molecular weight excluding hydrogens is 302 g/mol. The fourth-order valence-electron chi connectivity index (χ4n) is 4.79. The van der Waals surface area contributed by atoms with Crippen molar-refractivity contribution in [2.24, 2.45) is 5.92 Å². The van der Waals surface area contributed by atoms with Gasteiger partial charge < -0.3 is 14.2 Å². The second-order valence-corrected chi connectivity index (χ2v) is 7.66. The van der Waals surface area contributed by atoms with E-state index in [-0.39, 0.29) is 11.7 Å². The Hall–Kier alpha value is -1.10. The largest absolute Gasteiger partial charge is 0.497 e. The zero-order valence-electron chi connectivity index (χ0n) is 15.7. The van der Waals surface area contributed by atoms with Crippen molar-refractivity contribution in [1.29, 1.82) is 0 Å². The predicted molar refractivity (Wildman–Crippen MR) is 95.6 cm³/mol. The molecule has 0 radical (unpaired) electrons. The number of ether oxygens (including phenoxy) is 3. The van der Waals surface area contributed by atoms with Gasteiger partial charge in [-0.2, -0.15) is 0 Å². The maximum atomic E-state index is 5.47. The van der Waals surface area contributed by atoms with Gasteiger partial charge in [-0.25, -0.2) is 0 Å². The normalized spacial score (nSPS) is 26.1. The molecule has 2 atom stereocenters. The highest BCUT2D eigenvalue weighted by Gasteiger charge is 2.46. The molecule has 1 fully saturated rings. The van der Waals surface area contributed by atoms with Gasteiger partial charge >= 0.3 is 0 Å². The maximum absolute atomic E-state index is 5.47.